The molecule has 0 aliphatic carbocycles. The molecule has 158 valence electrons. The lowest BCUT2D eigenvalue weighted by molar-refractivity contribution is 0.269. The van der Waals surface area contributed by atoms with E-state index in [1.165, 1.54) is 0 Å². The molecule has 0 saturated heterocycles. The van der Waals surface area contributed by atoms with Gasteiger partial charge in [0.1, 0.15) is 12.4 Å². The normalized spacial score (nSPS) is 10.6. The standard InChI is InChI=1S/C23H22Cl3NO3/c1-3-29-22-12-15(13-27-16-7-9-17(28-2)10-8-16)11-21(26)23(22)30-14-18-19(24)5-4-6-20(18)25/h4-12,27H,3,13-14H2,1-2H3. The number of hydrogen-bond acceptors (Lipinski definition) is 4. The Morgan fingerprint density at radius 3 is 2.20 bits per heavy atom. The van der Waals surface area contributed by atoms with Crippen molar-refractivity contribution in [3.8, 4) is 17.2 Å². The number of methoxy groups -OCH3 is 1. The highest BCUT2D eigenvalue weighted by Crippen LogP contribution is 2.38. The molecule has 0 heterocycles. The lowest BCUT2D eigenvalue weighted by Crippen LogP contribution is -2.04. The van der Waals surface area contributed by atoms with Crippen LogP contribution in [-0.2, 0) is 13.2 Å². The summed E-state index contributed by atoms with van der Waals surface area (Å²) in [6, 6.07) is 16.8. The van der Waals surface area contributed by atoms with E-state index in [0.29, 0.717) is 45.3 Å². The number of ether oxygens (including phenoxy) is 3. The minimum absolute atomic E-state index is 0.182. The summed E-state index contributed by atoms with van der Waals surface area (Å²) in [5, 5.41) is 4.89. The van der Waals surface area contributed by atoms with Crippen molar-refractivity contribution in [2.75, 3.05) is 19.0 Å². The second kappa shape index (κ2) is 10.7. The molecule has 0 bridgehead atoms. The summed E-state index contributed by atoms with van der Waals surface area (Å²) in [6.45, 7) is 3.14. The van der Waals surface area contributed by atoms with Gasteiger partial charge in [-0.15, -0.1) is 0 Å². The number of halogens is 3. The van der Waals surface area contributed by atoms with Gasteiger partial charge in [0, 0.05) is 27.8 Å². The Morgan fingerprint density at radius 1 is 0.867 bits per heavy atom. The molecule has 0 aromatic heterocycles. The summed E-state index contributed by atoms with van der Waals surface area (Å²) in [7, 11) is 1.64. The fourth-order valence-electron chi connectivity index (χ4n) is 2.85. The van der Waals surface area contributed by atoms with Crippen molar-refractivity contribution in [1.82, 2.24) is 0 Å². The van der Waals surface area contributed by atoms with E-state index in [1.54, 1.807) is 25.3 Å². The largest absolute Gasteiger partial charge is 0.497 e. The summed E-state index contributed by atoms with van der Waals surface area (Å²) in [4.78, 5) is 0. The Bertz CT molecular complexity index is 973. The predicted molar refractivity (Wildman–Crippen MR) is 124 cm³/mol. The lowest BCUT2D eigenvalue weighted by atomic mass is 10.2. The topological polar surface area (TPSA) is 39.7 Å². The summed E-state index contributed by atoms with van der Waals surface area (Å²) in [5.41, 5.74) is 2.63. The van der Waals surface area contributed by atoms with E-state index in [2.05, 4.69) is 5.32 Å². The zero-order chi connectivity index (χ0) is 21.5. The fraction of sp³-hybridized carbons (Fsp3) is 0.217. The van der Waals surface area contributed by atoms with Gasteiger partial charge in [-0.3, -0.25) is 0 Å². The number of anilines is 1. The predicted octanol–water partition coefficient (Wildman–Crippen LogP) is 7.25. The van der Waals surface area contributed by atoms with E-state index >= 15 is 0 Å². The molecule has 30 heavy (non-hydrogen) atoms. The van der Waals surface area contributed by atoms with Crippen molar-refractivity contribution in [3.63, 3.8) is 0 Å². The monoisotopic (exact) mass is 465 g/mol. The average molecular weight is 467 g/mol. The van der Waals surface area contributed by atoms with Gasteiger partial charge in [0.2, 0.25) is 0 Å². The molecule has 0 fully saturated rings. The van der Waals surface area contributed by atoms with Gasteiger partial charge in [-0.05, 0) is 61.0 Å². The molecule has 0 aliphatic heterocycles. The molecule has 0 saturated carbocycles. The Hall–Kier alpha value is -2.27. The summed E-state index contributed by atoms with van der Waals surface area (Å²) < 4.78 is 16.9. The fourth-order valence-corrected chi connectivity index (χ4v) is 3.65. The van der Waals surface area contributed by atoms with Crippen molar-refractivity contribution < 1.29 is 14.2 Å². The van der Waals surface area contributed by atoms with Gasteiger partial charge in [-0.25, -0.2) is 0 Å². The minimum Gasteiger partial charge on any atom is -0.497 e. The summed E-state index contributed by atoms with van der Waals surface area (Å²) >= 11 is 19.0. The number of rotatable bonds is 9. The third-order valence-corrected chi connectivity index (χ3v) is 5.37. The van der Waals surface area contributed by atoms with Crippen LogP contribution < -0.4 is 19.5 Å². The van der Waals surface area contributed by atoms with E-state index in [-0.39, 0.29) is 6.61 Å². The van der Waals surface area contributed by atoms with Crippen LogP contribution in [0.25, 0.3) is 0 Å². The molecule has 7 heteroatoms. The van der Waals surface area contributed by atoms with Gasteiger partial charge < -0.3 is 19.5 Å². The molecule has 0 radical (unpaired) electrons. The maximum absolute atomic E-state index is 6.52. The molecule has 4 nitrogen and oxygen atoms in total. The van der Waals surface area contributed by atoms with Crippen molar-refractivity contribution in [3.05, 3.63) is 80.8 Å². The highest BCUT2D eigenvalue weighted by Gasteiger charge is 2.15. The van der Waals surface area contributed by atoms with Crippen LogP contribution in [0.15, 0.2) is 54.6 Å². The molecule has 0 aliphatic rings. The molecule has 0 amide bonds. The first-order valence-corrected chi connectivity index (χ1v) is 10.5. The number of hydrogen-bond donors (Lipinski definition) is 1. The van der Waals surface area contributed by atoms with Gasteiger partial charge in [0.15, 0.2) is 11.5 Å². The van der Waals surface area contributed by atoms with Crippen LogP contribution in [0.1, 0.15) is 18.1 Å². The molecule has 1 N–H and O–H groups in total. The highest BCUT2D eigenvalue weighted by atomic mass is 35.5. The molecule has 0 atom stereocenters. The highest BCUT2D eigenvalue weighted by molar-refractivity contribution is 6.36. The Balaban J connectivity index is 1.76. The van der Waals surface area contributed by atoms with E-state index < -0.39 is 0 Å². The Morgan fingerprint density at radius 2 is 1.57 bits per heavy atom. The minimum atomic E-state index is 0.182. The number of benzene rings is 3. The van der Waals surface area contributed by atoms with E-state index in [0.717, 1.165) is 17.0 Å². The van der Waals surface area contributed by atoms with Gasteiger partial charge in [-0.1, -0.05) is 40.9 Å². The second-order valence-corrected chi connectivity index (χ2v) is 7.63. The molecular formula is C23H22Cl3NO3. The smallest absolute Gasteiger partial charge is 0.180 e. The quantitative estimate of drug-likeness (QED) is 0.360. The third-order valence-electron chi connectivity index (χ3n) is 4.38. The molecule has 3 rings (SSSR count). The van der Waals surface area contributed by atoms with E-state index in [1.807, 2.05) is 43.3 Å². The van der Waals surface area contributed by atoms with E-state index in [9.17, 15) is 0 Å². The van der Waals surface area contributed by atoms with Gasteiger partial charge in [-0.2, -0.15) is 0 Å². The third kappa shape index (κ3) is 5.66. The molecule has 3 aromatic rings. The van der Waals surface area contributed by atoms with Crippen molar-refractivity contribution in [2.24, 2.45) is 0 Å². The van der Waals surface area contributed by atoms with Gasteiger partial charge in [0.25, 0.3) is 0 Å². The zero-order valence-electron chi connectivity index (χ0n) is 16.7. The zero-order valence-corrected chi connectivity index (χ0v) is 18.9. The van der Waals surface area contributed by atoms with Crippen LogP contribution in [0.4, 0.5) is 5.69 Å². The molecule has 0 unspecified atom stereocenters. The van der Waals surface area contributed by atoms with Crippen LogP contribution in [-0.4, -0.2) is 13.7 Å². The molecule has 3 aromatic carbocycles. The summed E-state index contributed by atoms with van der Waals surface area (Å²) in [6.07, 6.45) is 0. The SMILES string of the molecule is CCOc1cc(CNc2ccc(OC)cc2)cc(Cl)c1OCc1c(Cl)cccc1Cl. The Labute approximate surface area is 191 Å². The molecule has 0 spiro atoms. The Kier molecular flexibility index (Phi) is 7.97. The van der Waals surface area contributed by atoms with Crippen LogP contribution in [0.2, 0.25) is 15.1 Å². The van der Waals surface area contributed by atoms with Crippen molar-refractivity contribution >= 4 is 40.5 Å². The first-order chi connectivity index (χ1) is 14.5. The number of nitrogens with one attached hydrogen (secondary N) is 1. The molecular weight excluding hydrogens is 445 g/mol. The lowest BCUT2D eigenvalue weighted by Gasteiger charge is -2.17. The first kappa shape index (κ1) is 22.4. The van der Waals surface area contributed by atoms with Gasteiger partial charge >= 0.3 is 0 Å². The van der Waals surface area contributed by atoms with Crippen LogP contribution in [0, 0.1) is 0 Å². The van der Waals surface area contributed by atoms with Crippen molar-refractivity contribution in [2.45, 2.75) is 20.1 Å². The maximum atomic E-state index is 6.52. The second-order valence-electron chi connectivity index (χ2n) is 6.41. The van der Waals surface area contributed by atoms with Gasteiger partial charge in [0.05, 0.1) is 18.7 Å². The van der Waals surface area contributed by atoms with Crippen LogP contribution in [0.5, 0.6) is 17.2 Å². The average Bonchev–Trinajstić information content (AvgIpc) is 2.74. The summed E-state index contributed by atoms with van der Waals surface area (Å²) in [5.74, 6) is 1.84. The van der Waals surface area contributed by atoms with Crippen LogP contribution >= 0.6 is 34.8 Å². The van der Waals surface area contributed by atoms with Crippen molar-refractivity contribution in [1.29, 1.82) is 0 Å². The maximum Gasteiger partial charge on any atom is 0.180 e. The first-order valence-electron chi connectivity index (χ1n) is 9.40. The van der Waals surface area contributed by atoms with Crippen LogP contribution in [0.3, 0.4) is 0 Å². The van der Waals surface area contributed by atoms with E-state index in [4.69, 9.17) is 49.0 Å².